The number of halogens is 1. The Morgan fingerprint density at radius 1 is 1.38 bits per heavy atom. The van der Waals surface area contributed by atoms with Gasteiger partial charge in [0.1, 0.15) is 5.82 Å². The summed E-state index contributed by atoms with van der Waals surface area (Å²) in [6, 6.07) is 0.470. The van der Waals surface area contributed by atoms with Gasteiger partial charge in [-0.2, -0.15) is 0 Å². The van der Waals surface area contributed by atoms with E-state index in [-0.39, 0.29) is 5.28 Å². The van der Waals surface area contributed by atoms with E-state index in [9.17, 15) is 4.79 Å². The minimum absolute atomic E-state index is 0.283. The van der Waals surface area contributed by atoms with Crippen molar-refractivity contribution in [3.05, 3.63) is 17.0 Å². The number of anilines is 1. The largest absolute Gasteiger partial charge is 0.370 e. The summed E-state index contributed by atoms with van der Waals surface area (Å²) in [5.41, 5.74) is 1.17. The van der Waals surface area contributed by atoms with Crippen LogP contribution in [-0.4, -0.2) is 40.4 Å². The van der Waals surface area contributed by atoms with E-state index in [0.29, 0.717) is 12.0 Å². The average Bonchev–Trinajstić information content (AvgIpc) is 3.24. The summed E-state index contributed by atoms with van der Waals surface area (Å²) < 4.78 is 0. The summed E-state index contributed by atoms with van der Waals surface area (Å²) in [7, 11) is 0. The molecule has 114 valence electrons. The van der Waals surface area contributed by atoms with Crippen LogP contribution in [0.2, 0.25) is 5.28 Å². The third-order valence-corrected chi connectivity index (χ3v) is 4.55. The van der Waals surface area contributed by atoms with Crippen molar-refractivity contribution < 1.29 is 4.79 Å². The molecule has 2 aliphatic rings. The van der Waals surface area contributed by atoms with Crippen LogP contribution in [0.3, 0.4) is 0 Å². The van der Waals surface area contributed by atoms with Crippen LogP contribution in [0.5, 0.6) is 0 Å². The number of carbonyl (C=O) groups is 1. The maximum absolute atomic E-state index is 11.1. The van der Waals surface area contributed by atoms with Crippen LogP contribution < -0.4 is 5.32 Å². The van der Waals surface area contributed by atoms with E-state index in [1.165, 1.54) is 24.8 Å². The second-order valence-electron chi connectivity index (χ2n) is 5.93. The van der Waals surface area contributed by atoms with E-state index >= 15 is 0 Å². The smallest absolute Gasteiger partial charge is 0.224 e. The Hall–Kier alpha value is -1.36. The molecule has 0 unspecified atom stereocenters. The first kappa shape index (κ1) is 14.6. The normalized spacial score (nSPS) is 18.1. The quantitative estimate of drug-likeness (QED) is 0.456. The van der Waals surface area contributed by atoms with Crippen LogP contribution in [-0.2, 0) is 4.79 Å². The average molecular weight is 309 g/mol. The lowest BCUT2D eigenvalue weighted by Gasteiger charge is -2.34. The highest BCUT2D eigenvalue weighted by Gasteiger charge is 2.27. The van der Waals surface area contributed by atoms with Gasteiger partial charge in [0.05, 0.1) is 0 Å². The van der Waals surface area contributed by atoms with Gasteiger partial charge in [-0.05, 0) is 56.0 Å². The molecule has 21 heavy (non-hydrogen) atoms. The monoisotopic (exact) mass is 308 g/mol. The van der Waals surface area contributed by atoms with Crippen molar-refractivity contribution in [1.29, 1.82) is 0 Å². The van der Waals surface area contributed by atoms with Gasteiger partial charge in [0, 0.05) is 30.9 Å². The first-order valence-electron chi connectivity index (χ1n) is 7.75. The van der Waals surface area contributed by atoms with Gasteiger partial charge in [0.25, 0.3) is 0 Å². The Labute approximate surface area is 130 Å². The summed E-state index contributed by atoms with van der Waals surface area (Å²) in [5, 5.41) is 3.63. The maximum Gasteiger partial charge on any atom is 0.224 e. The first-order chi connectivity index (χ1) is 10.3. The molecule has 2 fully saturated rings. The topological polar surface area (TPSA) is 58.1 Å². The van der Waals surface area contributed by atoms with Crippen LogP contribution in [0.25, 0.3) is 0 Å². The Balaban J connectivity index is 1.48. The number of hydrogen-bond acceptors (Lipinski definition) is 4. The van der Waals surface area contributed by atoms with E-state index in [4.69, 9.17) is 11.6 Å². The molecule has 0 aliphatic heterocycles. The van der Waals surface area contributed by atoms with Crippen LogP contribution in [0, 0.1) is 0 Å². The van der Waals surface area contributed by atoms with Crippen molar-refractivity contribution in [2.24, 2.45) is 0 Å². The second-order valence-corrected chi connectivity index (χ2v) is 6.26. The van der Waals surface area contributed by atoms with Crippen molar-refractivity contribution >= 4 is 23.8 Å². The molecule has 0 atom stereocenters. The fourth-order valence-electron chi connectivity index (χ4n) is 2.71. The standard InChI is InChI=1S/C15H21ClN4O/c16-15-18-9-13(11-5-6-11)14(19-15)17-7-2-8-20(10-21)12-3-1-4-12/h9-12H,1-8H2,(H,17,18,19). The Morgan fingerprint density at radius 3 is 2.81 bits per heavy atom. The zero-order chi connectivity index (χ0) is 14.7. The fraction of sp³-hybridized carbons (Fsp3) is 0.667. The summed E-state index contributed by atoms with van der Waals surface area (Å²) in [5.74, 6) is 1.45. The van der Waals surface area contributed by atoms with E-state index in [1.807, 2.05) is 11.1 Å². The summed E-state index contributed by atoms with van der Waals surface area (Å²) in [6.45, 7) is 1.60. The second kappa shape index (κ2) is 6.60. The minimum atomic E-state index is 0.283. The number of rotatable bonds is 8. The molecule has 0 saturated heterocycles. The van der Waals surface area contributed by atoms with E-state index in [2.05, 4.69) is 15.3 Å². The molecule has 5 nitrogen and oxygen atoms in total. The highest BCUT2D eigenvalue weighted by Crippen LogP contribution is 2.42. The van der Waals surface area contributed by atoms with E-state index in [1.54, 1.807) is 0 Å². The lowest BCUT2D eigenvalue weighted by Crippen LogP contribution is -2.40. The number of nitrogens with zero attached hydrogens (tertiary/aromatic N) is 3. The Bertz CT molecular complexity index is 502. The van der Waals surface area contributed by atoms with Crippen molar-refractivity contribution in [3.8, 4) is 0 Å². The van der Waals surface area contributed by atoms with Crippen LogP contribution in [0.1, 0.15) is 50.0 Å². The van der Waals surface area contributed by atoms with Gasteiger partial charge in [0.15, 0.2) is 0 Å². The maximum atomic E-state index is 11.1. The zero-order valence-electron chi connectivity index (χ0n) is 12.1. The molecule has 2 aliphatic carbocycles. The predicted molar refractivity (Wildman–Crippen MR) is 82.5 cm³/mol. The third kappa shape index (κ3) is 3.64. The number of nitrogens with one attached hydrogen (secondary N) is 1. The summed E-state index contributed by atoms with van der Waals surface area (Å²) in [4.78, 5) is 21.4. The third-order valence-electron chi connectivity index (χ3n) is 4.37. The van der Waals surface area contributed by atoms with Crippen molar-refractivity contribution in [2.45, 2.75) is 50.5 Å². The molecule has 1 aromatic heterocycles. The van der Waals surface area contributed by atoms with Crippen molar-refractivity contribution in [1.82, 2.24) is 14.9 Å². The molecule has 0 radical (unpaired) electrons. The fourth-order valence-corrected chi connectivity index (χ4v) is 2.85. The van der Waals surface area contributed by atoms with Gasteiger partial charge >= 0.3 is 0 Å². The predicted octanol–water partition coefficient (Wildman–Crippen LogP) is 2.82. The van der Waals surface area contributed by atoms with Crippen molar-refractivity contribution in [2.75, 3.05) is 18.4 Å². The summed E-state index contributed by atoms with van der Waals surface area (Å²) >= 11 is 5.88. The molecule has 3 rings (SSSR count). The van der Waals surface area contributed by atoms with E-state index < -0.39 is 0 Å². The van der Waals surface area contributed by atoms with Crippen LogP contribution in [0.15, 0.2) is 6.20 Å². The Kier molecular flexibility index (Phi) is 4.58. The molecule has 0 bridgehead atoms. The molecule has 1 heterocycles. The van der Waals surface area contributed by atoms with Gasteiger partial charge in [-0.1, -0.05) is 0 Å². The number of amides is 1. The molecule has 0 aromatic carbocycles. The molecule has 6 heteroatoms. The Morgan fingerprint density at radius 2 is 2.19 bits per heavy atom. The molecular formula is C15H21ClN4O. The van der Waals surface area contributed by atoms with Gasteiger partial charge < -0.3 is 10.2 Å². The van der Waals surface area contributed by atoms with Crippen molar-refractivity contribution in [3.63, 3.8) is 0 Å². The van der Waals surface area contributed by atoms with Gasteiger partial charge in [-0.3, -0.25) is 4.79 Å². The van der Waals surface area contributed by atoms with Crippen LogP contribution >= 0.6 is 11.6 Å². The SMILES string of the molecule is O=CN(CCCNc1nc(Cl)ncc1C1CC1)C1CCC1. The highest BCUT2D eigenvalue weighted by molar-refractivity contribution is 6.28. The first-order valence-corrected chi connectivity index (χ1v) is 8.13. The lowest BCUT2D eigenvalue weighted by atomic mass is 9.92. The van der Waals surface area contributed by atoms with Gasteiger partial charge in [-0.25, -0.2) is 9.97 Å². The lowest BCUT2D eigenvalue weighted by molar-refractivity contribution is -0.121. The summed E-state index contributed by atoms with van der Waals surface area (Å²) in [6.07, 6.45) is 9.71. The van der Waals surface area contributed by atoms with E-state index in [0.717, 1.165) is 44.6 Å². The van der Waals surface area contributed by atoms with Gasteiger partial charge in [-0.15, -0.1) is 0 Å². The molecule has 0 spiro atoms. The number of carbonyl (C=O) groups excluding carboxylic acids is 1. The molecule has 1 amide bonds. The van der Waals surface area contributed by atoms with Crippen LogP contribution in [0.4, 0.5) is 5.82 Å². The molecule has 1 N–H and O–H groups in total. The van der Waals surface area contributed by atoms with Gasteiger partial charge in [0.2, 0.25) is 11.7 Å². The molecular weight excluding hydrogens is 288 g/mol. The minimum Gasteiger partial charge on any atom is -0.370 e. The highest BCUT2D eigenvalue weighted by atomic mass is 35.5. The number of aromatic nitrogens is 2. The molecule has 1 aromatic rings. The zero-order valence-corrected chi connectivity index (χ0v) is 12.9. The molecule has 2 saturated carbocycles. The number of hydrogen-bond donors (Lipinski definition) is 1.